The smallest absolute Gasteiger partial charge is 0.320 e. The van der Waals surface area contributed by atoms with Crippen LogP contribution in [0, 0.1) is 5.92 Å². The normalized spacial score (nSPS) is 28.4. The van der Waals surface area contributed by atoms with Crippen LogP contribution in [-0.2, 0) is 14.3 Å². The van der Waals surface area contributed by atoms with Crippen molar-refractivity contribution in [2.24, 2.45) is 5.92 Å². The predicted octanol–water partition coefficient (Wildman–Crippen LogP) is -0.778. The third kappa shape index (κ3) is 1.73. The Morgan fingerprint density at radius 1 is 1.58 bits per heavy atom. The first-order valence-corrected chi connectivity index (χ1v) is 3.69. The topological polar surface area (TPSA) is 75.6 Å². The van der Waals surface area contributed by atoms with Gasteiger partial charge in [-0.3, -0.25) is 9.59 Å². The van der Waals surface area contributed by atoms with E-state index in [4.69, 9.17) is 5.11 Å². The number of carbonyl (C=O) groups excluding carboxylic acids is 1. The molecule has 0 saturated carbocycles. The van der Waals surface area contributed by atoms with Crippen molar-refractivity contribution in [3.05, 3.63) is 0 Å². The number of nitrogens with one attached hydrogen (secondary N) is 1. The van der Waals surface area contributed by atoms with Gasteiger partial charge in [-0.1, -0.05) is 0 Å². The molecule has 12 heavy (non-hydrogen) atoms. The molecule has 0 bridgehead atoms. The number of aliphatic carboxylic acids is 1. The molecule has 0 radical (unpaired) electrons. The summed E-state index contributed by atoms with van der Waals surface area (Å²) < 4.78 is 4.49. The molecule has 0 amide bonds. The number of carbonyl (C=O) groups is 2. The second-order valence-corrected chi connectivity index (χ2v) is 2.75. The fourth-order valence-electron chi connectivity index (χ4n) is 1.27. The minimum atomic E-state index is -0.915. The SMILES string of the molecule is COC(=O)[C@@H]1CN[C@@H](C(=O)O)C1. The summed E-state index contributed by atoms with van der Waals surface area (Å²) in [5, 5.41) is 11.3. The Morgan fingerprint density at radius 2 is 2.25 bits per heavy atom. The van der Waals surface area contributed by atoms with Gasteiger partial charge < -0.3 is 15.2 Å². The lowest BCUT2D eigenvalue weighted by Crippen LogP contribution is -2.29. The number of hydrogen-bond acceptors (Lipinski definition) is 4. The molecule has 5 heteroatoms. The number of carboxylic acids is 1. The van der Waals surface area contributed by atoms with E-state index < -0.39 is 12.0 Å². The Labute approximate surface area is 69.7 Å². The minimum absolute atomic E-state index is 0.309. The van der Waals surface area contributed by atoms with Crippen LogP contribution < -0.4 is 5.32 Å². The van der Waals surface area contributed by atoms with Crippen LogP contribution in [0.2, 0.25) is 0 Å². The molecule has 1 heterocycles. The van der Waals surface area contributed by atoms with E-state index in [1.165, 1.54) is 7.11 Å². The summed E-state index contributed by atoms with van der Waals surface area (Å²) in [5.41, 5.74) is 0. The minimum Gasteiger partial charge on any atom is -0.480 e. The zero-order chi connectivity index (χ0) is 9.14. The average molecular weight is 173 g/mol. The van der Waals surface area contributed by atoms with Crippen molar-refractivity contribution in [3.63, 3.8) is 0 Å². The number of hydrogen-bond donors (Lipinski definition) is 2. The highest BCUT2D eigenvalue weighted by molar-refractivity contribution is 5.78. The summed E-state index contributed by atoms with van der Waals surface area (Å²) in [5.74, 6) is -1.57. The lowest BCUT2D eigenvalue weighted by atomic mass is 10.1. The van der Waals surface area contributed by atoms with Gasteiger partial charge in [-0.2, -0.15) is 0 Å². The van der Waals surface area contributed by atoms with Crippen molar-refractivity contribution in [1.29, 1.82) is 0 Å². The Morgan fingerprint density at radius 3 is 2.67 bits per heavy atom. The van der Waals surface area contributed by atoms with Crippen LogP contribution in [-0.4, -0.2) is 36.7 Å². The highest BCUT2D eigenvalue weighted by Crippen LogP contribution is 2.15. The summed E-state index contributed by atoms with van der Waals surface area (Å²) in [6.45, 7) is 0.393. The van der Waals surface area contributed by atoms with E-state index in [0.717, 1.165) is 0 Å². The average Bonchev–Trinajstić information content (AvgIpc) is 2.51. The van der Waals surface area contributed by atoms with Crippen LogP contribution in [0.4, 0.5) is 0 Å². The number of ether oxygens (including phenoxy) is 1. The molecule has 0 aromatic rings. The molecule has 1 aliphatic heterocycles. The quantitative estimate of drug-likeness (QED) is 0.536. The van der Waals surface area contributed by atoms with Crippen LogP contribution >= 0.6 is 0 Å². The first kappa shape index (κ1) is 8.99. The van der Waals surface area contributed by atoms with Crippen LogP contribution in [0.25, 0.3) is 0 Å². The van der Waals surface area contributed by atoms with Gasteiger partial charge in [0.15, 0.2) is 0 Å². The van der Waals surface area contributed by atoms with Crippen LogP contribution in [0.5, 0.6) is 0 Å². The monoisotopic (exact) mass is 173 g/mol. The second kappa shape index (κ2) is 3.53. The summed E-state index contributed by atoms with van der Waals surface area (Å²) in [4.78, 5) is 21.4. The van der Waals surface area contributed by atoms with Gasteiger partial charge in [0, 0.05) is 6.54 Å². The summed E-state index contributed by atoms with van der Waals surface area (Å²) in [6, 6.07) is -0.603. The predicted molar refractivity (Wildman–Crippen MR) is 39.5 cm³/mol. The fraction of sp³-hybridized carbons (Fsp3) is 0.714. The van der Waals surface area contributed by atoms with Crippen molar-refractivity contribution < 1.29 is 19.4 Å². The van der Waals surface area contributed by atoms with Crippen LogP contribution in [0.1, 0.15) is 6.42 Å². The zero-order valence-electron chi connectivity index (χ0n) is 6.74. The van der Waals surface area contributed by atoms with Gasteiger partial charge in [0.25, 0.3) is 0 Å². The third-order valence-corrected chi connectivity index (χ3v) is 1.96. The molecule has 0 aromatic carbocycles. The van der Waals surface area contributed by atoms with Crippen LogP contribution in [0.3, 0.4) is 0 Å². The molecular formula is C7H11NO4. The van der Waals surface area contributed by atoms with Gasteiger partial charge >= 0.3 is 11.9 Å². The van der Waals surface area contributed by atoms with E-state index in [1.54, 1.807) is 0 Å². The molecule has 68 valence electrons. The summed E-state index contributed by atoms with van der Waals surface area (Å²) >= 11 is 0. The van der Waals surface area contributed by atoms with Gasteiger partial charge in [0.05, 0.1) is 13.0 Å². The van der Waals surface area contributed by atoms with Crippen molar-refractivity contribution in [1.82, 2.24) is 5.32 Å². The first-order valence-electron chi connectivity index (χ1n) is 3.69. The molecule has 0 aliphatic carbocycles. The van der Waals surface area contributed by atoms with Gasteiger partial charge in [-0.05, 0) is 6.42 Å². The second-order valence-electron chi connectivity index (χ2n) is 2.75. The molecule has 2 N–H and O–H groups in total. The fourth-order valence-corrected chi connectivity index (χ4v) is 1.27. The third-order valence-electron chi connectivity index (χ3n) is 1.96. The summed E-state index contributed by atoms with van der Waals surface area (Å²) in [6.07, 6.45) is 0.321. The Balaban J connectivity index is 2.45. The standard InChI is InChI=1S/C7H11NO4/c1-12-7(11)4-2-5(6(9)10)8-3-4/h4-5,8H,2-3H2,1H3,(H,9,10)/t4-,5+/m0/s1. The van der Waals surface area contributed by atoms with E-state index in [0.29, 0.717) is 13.0 Å². The maximum Gasteiger partial charge on any atom is 0.320 e. The van der Waals surface area contributed by atoms with E-state index in [-0.39, 0.29) is 11.9 Å². The number of rotatable bonds is 2. The number of carboxylic acid groups (broad SMARTS) is 1. The van der Waals surface area contributed by atoms with Gasteiger partial charge in [0.1, 0.15) is 6.04 Å². The largest absolute Gasteiger partial charge is 0.480 e. The van der Waals surface area contributed by atoms with Crippen LogP contribution in [0.15, 0.2) is 0 Å². The van der Waals surface area contributed by atoms with Gasteiger partial charge in [-0.15, -0.1) is 0 Å². The molecule has 1 aliphatic rings. The van der Waals surface area contributed by atoms with E-state index in [9.17, 15) is 9.59 Å². The molecule has 2 atom stereocenters. The number of methoxy groups -OCH3 is 1. The first-order chi connectivity index (χ1) is 5.65. The summed E-state index contributed by atoms with van der Waals surface area (Å²) in [7, 11) is 1.30. The lowest BCUT2D eigenvalue weighted by molar-refractivity contribution is -0.144. The molecule has 1 saturated heterocycles. The highest BCUT2D eigenvalue weighted by Gasteiger charge is 2.33. The molecule has 5 nitrogen and oxygen atoms in total. The van der Waals surface area contributed by atoms with E-state index in [1.807, 2.05) is 0 Å². The lowest BCUT2D eigenvalue weighted by Gasteiger charge is -2.04. The highest BCUT2D eigenvalue weighted by atomic mass is 16.5. The van der Waals surface area contributed by atoms with Crippen molar-refractivity contribution in [3.8, 4) is 0 Å². The molecule has 0 aromatic heterocycles. The van der Waals surface area contributed by atoms with Crippen molar-refractivity contribution in [2.45, 2.75) is 12.5 Å². The van der Waals surface area contributed by atoms with Crippen molar-refractivity contribution in [2.75, 3.05) is 13.7 Å². The van der Waals surface area contributed by atoms with E-state index >= 15 is 0 Å². The number of esters is 1. The zero-order valence-corrected chi connectivity index (χ0v) is 6.74. The Bertz CT molecular complexity index is 204. The van der Waals surface area contributed by atoms with Crippen molar-refractivity contribution >= 4 is 11.9 Å². The molecule has 1 rings (SSSR count). The molecular weight excluding hydrogens is 162 g/mol. The van der Waals surface area contributed by atoms with E-state index in [2.05, 4.69) is 10.1 Å². The molecule has 0 unspecified atom stereocenters. The maximum absolute atomic E-state index is 10.9. The molecule has 0 spiro atoms. The Kier molecular flexibility index (Phi) is 2.65. The Hall–Kier alpha value is -1.10. The van der Waals surface area contributed by atoms with Gasteiger partial charge in [-0.25, -0.2) is 0 Å². The maximum atomic E-state index is 10.9. The molecule has 1 fully saturated rings. The van der Waals surface area contributed by atoms with Gasteiger partial charge in [0.2, 0.25) is 0 Å².